The zero-order valence-electron chi connectivity index (χ0n) is 8.89. The molecule has 2 heterocycles. The average Bonchev–Trinajstić information content (AvgIpc) is 2.78. The van der Waals surface area contributed by atoms with Crippen LogP contribution in [-0.2, 0) is 4.74 Å². The Labute approximate surface area is 91.7 Å². The molecule has 2 aromatic rings. The molecule has 1 N–H and O–H groups in total. The van der Waals surface area contributed by atoms with Crippen LogP contribution in [0.25, 0.3) is 11.4 Å². The first-order chi connectivity index (χ1) is 7.72. The van der Waals surface area contributed by atoms with Crippen molar-refractivity contribution in [1.29, 1.82) is 0 Å². The molecule has 0 saturated heterocycles. The molecule has 0 aliphatic carbocycles. The van der Waals surface area contributed by atoms with E-state index in [1.54, 1.807) is 18.5 Å². The highest BCUT2D eigenvalue weighted by Gasteiger charge is 2.13. The van der Waals surface area contributed by atoms with Gasteiger partial charge in [-0.1, -0.05) is 0 Å². The van der Waals surface area contributed by atoms with E-state index in [0.717, 1.165) is 5.69 Å². The molecule has 0 fully saturated rings. The molecule has 0 bridgehead atoms. The molecule has 0 aromatic carbocycles. The van der Waals surface area contributed by atoms with Crippen LogP contribution >= 0.6 is 0 Å². The van der Waals surface area contributed by atoms with Gasteiger partial charge < -0.3 is 4.74 Å². The van der Waals surface area contributed by atoms with Gasteiger partial charge in [0, 0.05) is 18.5 Å². The highest BCUT2D eigenvalue weighted by atomic mass is 16.5. The maximum Gasteiger partial charge on any atom is 0.356 e. The maximum absolute atomic E-state index is 11.2. The van der Waals surface area contributed by atoms with Crippen LogP contribution in [0, 0.1) is 6.92 Å². The van der Waals surface area contributed by atoms with Gasteiger partial charge in [-0.25, -0.2) is 4.79 Å². The Hall–Kier alpha value is -2.24. The molecule has 0 unspecified atom stereocenters. The lowest BCUT2D eigenvalue weighted by Gasteiger charge is -1.97. The van der Waals surface area contributed by atoms with Crippen LogP contribution in [0.5, 0.6) is 0 Å². The lowest BCUT2D eigenvalue weighted by molar-refractivity contribution is 0.0594. The van der Waals surface area contributed by atoms with Gasteiger partial charge in [-0.05, 0) is 6.92 Å². The summed E-state index contributed by atoms with van der Waals surface area (Å²) in [6.45, 7) is 1.83. The molecule has 2 rings (SSSR count). The Morgan fingerprint density at radius 1 is 1.38 bits per heavy atom. The number of methoxy groups -OCH3 is 1. The van der Waals surface area contributed by atoms with Crippen molar-refractivity contribution in [2.45, 2.75) is 6.92 Å². The van der Waals surface area contributed by atoms with E-state index in [0.29, 0.717) is 17.1 Å². The van der Waals surface area contributed by atoms with E-state index in [1.165, 1.54) is 7.11 Å². The molecule has 6 heteroatoms. The van der Waals surface area contributed by atoms with Crippen LogP contribution in [0.15, 0.2) is 18.5 Å². The first-order valence-electron chi connectivity index (χ1n) is 4.64. The van der Waals surface area contributed by atoms with Crippen LogP contribution < -0.4 is 0 Å². The molecular weight excluding hydrogens is 208 g/mol. The van der Waals surface area contributed by atoms with Crippen molar-refractivity contribution in [2.75, 3.05) is 7.11 Å². The third-order valence-electron chi connectivity index (χ3n) is 2.11. The predicted octanol–water partition coefficient (Wildman–Crippen LogP) is 0.962. The molecule has 0 aliphatic rings. The van der Waals surface area contributed by atoms with Gasteiger partial charge in [-0.15, -0.1) is 0 Å². The third kappa shape index (κ3) is 1.77. The topological polar surface area (TPSA) is 80.8 Å². The first kappa shape index (κ1) is 10.3. The molecule has 6 nitrogen and oxygen atoms in total. The number of nitrogens with zero attached hydrogens (tertiary/aromatic N) is 3. The van der Waals surface area contributed by atoms with Crippen LogP contribution in [-0.4, -0.2) is 33.2 Å². The minimum Gasteiger partial charge on any atom is -0.464 e. The average molecular weight is 218 g/mol. The normalized spacial score (nSPS) is 10.1. The van der Waals surface area contributed by atoms with Gasteiger partial charge in [-0.3, -0.25) is 15.1 Å². The molecule has 0 atom stereocenters. The van der Waals surface area contributed by atoms with E-state index in [2.05, 4.69) is 24.9 Å². The number of rotatable bonds is 2. The Balaban J connectivity index is 2.39. The van der Waals surface area contributed by atoms with Crippen molar-refractivity contribution in [3.05, 3.63) is 29.8 Å². The third-order valence-corrected chi connectivity index (χ3v) is 2.11. The maximum atomic E-state index is 11.2. The van der Waals surface area contributed by atoms with Crippen molar-refractivity contribution in [1.82, 2.24) is 20.2 Å². The smallest absolute Gasteiger partial charge is 0.356 e. The molecule has 0 radical (unpaired) electrons. The summed E-state index contributed by atoms with van der Waals surface area (Å²) in [7, 11) is 1.32. The fraction of sp³-hybridized carbons (Fsp3) is 0.200. The van der Waals surface area contributed by atoms with E-state index in [-0.39, 0.29) is 0 Å². The summed E-state index contributed by atoms with van der Waals surface area (Å²) in [4.78, 5) is 19.5. The molecule has 0 spiro atoms. The summed E-state index contributed by atoms with van der Waals surface area (Å²) in [5.74, 6) is -0.458. The first-order valence-corrected chi connectivity index (χ1v) is 4.64. The summed E-state index contributed by atoms with van der Waals surface area (Å²) in [6, 6.07) is 1.59. The zero-order valence-corrected chi connectivity index (χ0v) is 8.89. The van der Waals surface area contributed by atoms with Gasteiger partial charge in [0.25, 0.3) is 0 Å². The van der Waals surface area contributed by atoms with Gasteiger partial charge in [-0.2, -0.15) is 5.10 Å². The van der Waals surface area contributed by atoms with E-state index in [1.807, 2.05) is 6.92 Å². The number of nitrogens with one attached hydrogen (secondary N) is 1. The Morgan fingerprint density at radius 2 is 2.12 bits per heavy atom. The number of aryl methyl sites for hydroxylation is 1. The summed E-state index contributed by atoms with van der Waals surface area (Å²) in [5, 5.41) is 6.58. The molecule has 0 aliphatic heterocycles. The number of H-pyrrole nitrogens is 1. The predicted molar refractivity (Wildman–Crippen MR) is 55.7 cm³/mol. The van der Waals surface area contributed by atoms with Crippen molar-refractivity contribution in [3.8, 4) is 11.4 Å². The second-order valence-electron chi connectivity index (χ2n) is 3.15. The van der Waals surface area contributed by atoms with Gasteiger partial charge in [0.1, 0.15) is 17.1 Å². The number of hydrogen-bond donors (Lipinski definition) is 1. The fourth-order valence-corrected chi connectivity index (χ4v) is 1.32. The molecule has 16 heavy (non-hydrogen) atoms. The number of esters is 1. The van der Waals surface area contributed by atoms with Crippen LogP contribution in [0.1, 0.15) is 16.2 Å². The number of carbonyl (C=O) groups is 1. The number of aromatic amines is 1. The summed E-state index contributed by atoms with van der Waals surface area (Å²) >= 11 is 0. The van der Waals surface area contributed by atoms with E-state index >= 15 is 0 Å². The molecule has 0 saturated carbocycles. The van der Waals surface area contributed by atoms with Gasteiger partial charge in [0.15, 0.2) is 0 Å². The fourth-order valence-electron chi connectivity index (χ4n) is 1.32. The molecular formula is C10H10N4O2. The minimum absolute atomic E-state index is 0.294. The molecule has 2 aromatic heterocycles. The number of hydrogen-bond acceptors (Lipinski definition) is 5. The van der Waals surface area contributed by atoms with Crippen LogP contribution in [0.4, 0.5) is 0 Å². The van der Waals surface area contributed by atoms with Crippen molar-refractivity contribution in [3.63, 3.8) is 0 Å². The van der Waals surface area contributed by atoms with Gasteiger partial charge in [0.05, 0.1) is 12.8 Å². The Kier molecular flexibility index (Phi) is 2.63. The summed E-state index contributed by atoms with van der Waals surface area (Å²) < 4.78 is 4.57. The molecule has 0 amide bonds. The van der Waals surface area contributed by atoms with Crippen LogP contribution in [0.3, 0.4) is 0 Å². The molecule has 82 valence electrons. The van der Waals surface area contributed by atoms with Crippen molar-refractivity contribution >= 4 is 5.97 Å². The second kappa shape index (κ2) is 4.09. The number of ether oxygens (including phenoxy) is 1. The monoisotopic (exact) mass is 218 g/mol. The summed E-state index contributed by atoms with van der Waals surface area (Å²) in [5.41, 5.74) is 2.27. The van der Waals surface area contributed by atoms with E-state index in [4.69, 9.17) is 0 Å². The Bertz CT molecular complexity index is 521. The van der Waals surface area contributed by atoms with E-state index < -0.39 is 5.97 Å². The van der Waals surface area contributed by atoms with E-state index in [9.17, 15) is 4.79 Å². The second-order valence-corrected chi connectivity index (χ2v) is 3.15. The lowest BCUT2D eigenvalue weighted by Crippen LogP contribution is -2.00. The van der Waals surface area contributed by atoms with Crippen LogP contribution in [0.2, 0.25) is 0 Å². The highest BCUT2D eigenvalue weighted by molar-refractivity contribution is 5.88. The number of aromatic nitrogens is 4. The standard InChI is InChI=1S/C10H10N4O2/c1-6-9(12-4-3-11-6)7-5-8(14-13-7)10(15)16-2/h3-5H,1-2H3,(H,13,14). The SMILES string of the molecule is COC(=O)c1cc(-c2nccnc2C)n[nH]1. The van der Waals surface area contributed by atoms with Gasteiger partial charge in [0.2, 0.25) is 0 Å². The summed E-state index contributed by atoms with van der Waals surface area (Å²) in [6.07, 6.45) is 3.18. The lowest BCUT2D eigenvalue weighted by atomic mass is 10.2. The number of carbonyl (C=O) groups excluding carboxylic acids is 1. The highest BCUT2D eigenvalue weighted by Crippen LogP contribution is 2.17. The zero-order chi connectivity index (χ0) is 11.5. The minimum atomic E-state index is -0.458. The van der Waals surface area contributed by atoms with Crippen molar-refractivity contribution < 1.29 is 9.53 Å². The van der Waals surface area contributed by atoms with Crippen molar-refractivity contribution in [2.24, 2.45) is 0 Å². The Morgan fingerprint density at radius 3 is 2.81 bits per heavy atom. The van der Waals surface area contributed by atoms with Gasteiger partial charge >= 0.3 is 5.97 Å². The quantitative estimate of drug-likeness (QED) is 0.759. The largest absolute Gasteiger partial charge is 0.464 e.